The lowest BCUT2D eigenvalue weighted by molar-refractivity contribution is -0.131. The number of nitrogens with zero attached hydrogens (tertiary/aromatic N) is 1. The van der Waals surface area contributed by atoms with E-state index in [2.05, 4.69) is 15.2 Å². The summed E-state index contributed by atoms with van der Waals surface area (Å²) in [6, 6.07) is 1.31. The van der Waals surface area contributed by atoms with E-state index >= 15 is 0 Å². The molecule has 1 aromatic carbocycles. The van der Waals surface area contributed by atoms with Crippen molar-refractivity contribution in [1.29, 1.82) is 0 Å². The van der Waals surface area contributed by atoms with E-state index in [4.69, 9.17) is 20.9 Å². The van der Waals surface area contributed by atoms with Crippen LogP contribution in [0.25, 0.3) is 0 Å². The maximum atomic E-state index is 13.1. The fourth-order valence-corrected chi connectivity index (χ4v) is 5.74. The van der Waals surface area contributed by atoms with Gasteiger partial charge in [0.05, 0.1) is 5.69 Å². The van der Waals surface area contributed by atoms with Crippen molar-refractivity contribution in [2.75, 3.05) is 10.0 Å². The molecular weight excluding hydrogens is 490 g/mol. The van der Waals surface area contributed by atoms with Crippen LogP contribution in [0, 0.1) is 34.6 Å². The minimum Gasteiger partial charge on any atom is -0.426 e. The second kappa shape index (κ2) is 9.16. The van der Waals surface area contributed by atoms with Gasteiger partial charge in [0, 0.05) is 12.5 Å². The lowest BCUT2D eigenvalue weighted by Crippen LogP contribution is -2.19. The molecule has 3 aromatic rings. The van der Waals surface area contributed by atoms with Crippen LogP contribution in [0.2, 0.25) is 5.02 Å². The first kappa shape index (κ1) is 24.7. The van der Waals surface area contributed by atoms with Crippen LogP contribution >= 0.6 is 22.9 Å². The number of hydrogen-bond donors (Lipinski definition) is 2. The number of carbonyl (C=O) groups is 2. The number of sulfonamides is 1. The molecule has 2 heterocycles. The molecule has 1 amide bonds. The van der Waals surface area contributed by atoms with E-state index in [1.807, 2.05) is 20.8 Å². The molecule has 0 fully saturated rings. The molecule has 12 heteroatoms. The highest BCUT2D eigenvalue weighted by Gasteiger charge is 2.28. The van der Waals surface area contributed by atoms with Gasteiger partial charge < -0.3 is 14.6 Å². The molecule has 0 radical (unpaired) electrons. The Bertz CT molecular complexity index is 1380. The van der Waals surface area contributed by atoms with Gasteiger partial charge in [-0.15, -0.1) is 11.3 Å². The summed E-state index contributed by atoms with van der Waals surface area (Å²) in [5, 5.41) is 7.91. The van der Waals surface area contributed by atoms with Gasteiger partial charge in [0.1, 0.15) is 26.2 Å². The van der Waals surface area contributed by atoms with Crippen LogP contribution in [-0.2, 0) is 14.8 Å². The van der Waals surface area contributed by atoms with Crippen molar-refractivity contribution in [3.63, 3.8) is 0 Å². The van der Waals surface area contributed by atoms with E-state index in [9.17, 15) is 18.0 Å². The third-order valence-corrected chi connectivity index (χ3v) is 8.04. The largest absolute Gasteiger partial charge is 0.426 e. The average Bonchev–Trinajstić information content (AvgIpc) is 3.36. The van der Waals surface area contributed by atoms with Crippen LogP contribution in [-0.4, -0.2) is 25.5 Å². The number of rotatable bonds is 6. The van der Waals surface area contributed by atoms with E-state index in [1.165, 1.54) is 18.4 Å². The molecular formula is C21H22ClN3O6S2. The summed E-state index contributed by atoms with van der Waals surface area (Å²) in [5.74, 6) is -0.996. The highest BCUT2D eigenvalue weighted by molar-refractivity contribution is 7.93. The average molecular weight is 512 g/mol. The van der Waals surface area contributed by atoms with Crippen LogP contribution in [0.1, 0.15) is 44.5 Å². The van der Waals surface area contributed by atoms with Gasteiger partial charge in [-0.25, -0.2) is 13.1 Å². The maximum absolute atomic E-state index is 13.1. The fraction of sp³-hybridized carbons (Fsp3) is 0.286. The molecule has 2 aromatic heterocycles. The van der Waals surface area contributed by atoms with Crippen molar-refractivity contribution < 1.29 is 27.3 Å². The third kappa shape index (κ3) is 4.75. The zero-order valence-corrected chi connectivity index (χ0v) is 21.1. The normalized spacial score (nSPS) is 11.4. The van der Waals surface area contributed by atoms with Crippen LogP contribution in [0.5, 0.6) is 5.75 Å². The van der Waals surface area contributed by atoms with Gasteiger partial charge in [-0.05, 0) is 62.8 Å². The van der Waals surface area contributed by atoms with Gasteiger partial charge in [-0.3, -0.25) is 9.59 Å². The second-order valence-corrected chi connectivity index (χ2v) is 10.3. The Morgan fingerprint density at radius 2 is 1.76 bits per heavy atom. The van der Waals surface area contributed by atoms with E-state index in [0.717, 1.165) is 28.0 Å². The standard InChI is InChI=1S/C21H22ClN3O6S2/c1-9-10(2)17(12(4)18(11(9)3)30-14(6)26)23-20(27)19-15(7-8-32-19)33(28,29)25-21-16(22)13(5)24-31-21/h7-8,25H,1-6H3,(H,23,27). The molecule has 9 nitrogen and oxygen atoms in total. The van der Waals surface area contributed by atoms with E-state index in [1.54, 1.807) is 13.8 Å². The molecule has 0 atom stereocenters. The minimum absolute atomic E-state index is 0.0270. The summed E-state index contributed by atoms with van der Waals surface area (Å²) in [4.78, 5) is 24.4. The maximum Gasteiger partial charge on any atom is 0.308 e. The number of halogens is 1. The van der Waals surface area contributed by atoms with Gasteiger partial charge in [0.25, 0.3) is 21.8 Å². The molecule has 2 N–H and O–H groups in total. The molecule has 0 aliphatic heterocycles. The summed E-state index contributed by atoms with van der Waals surface area (Å²) in [6.45, 7) is 10.1. The third-order valence-electron chi connectivity index (χ3n) is 5.18. The Labute approximate surface area is 200 Å². The number of aryl methyl sites for hydroxylation is 1. The predicted molar refractivity (Wildman–Crippen MR) is 126 cm³/mol. The van der Waals surface area contributed by atoms with E-state index < -0.39 is 21.9 Å². The zero-order chi connectivity index (χ0) is 24.7. The lowest BCUT2D eigenvalue weighted by Gasteiger charge is -2.20. The SMILES string of the molecule is CC(=O)Oc1c(C)c(C)c(C)c(NC(=O)c2sccc2S(=O)(=O)Nc2onc(C)c2Cl)c1C. The van der Waals surface area contributed by atoms with Crippen LogP contribution < -0.4 is 14.8 Å². The number of benzene rings is 1. The Kier molecular flexibility index (Phi) is 6.87. The molecule has 0 bridgehead atoms. The molecule has 0 aliphatic carbocycles. The predicted octanol–water partition coefficient (Wildman–Crippen LogP) is 4.91. The Balaban J connectivity index is 1.98. The summed E-state index contributed by atoms with van der Waals surface area (Å²) in [7, 11) is -4.19. The molecule has 0 saturated carbocycles. The highest BCUT2D eigenvalue weighted by atomic mass is 35.5. The second-order valence-electron chi connectivity index (χ2n) is 7.38. The van der Waals surface area contributed by atoms with Crippen molar-refractivity contribution in [3.8, 4) is 5.75 Å². The number of aromatic nitrogens is 1. The number of nitrogens with one attached hydrogen (secondary N) is 2. The Hall–Kier alpha value is -2.89. The first-order valence-electron chi connectivity index (χ1n) is 9.67. The summed E-state index contributed by atoms with van der Waals surface area (Å²) >= 11 is 6.97. The van der Waals surface area contributed by atoms with Crippen molar-refractivity contribution in [3.05, 3.63) is 49.3 Å². The Morgan fingerprint density at radius 1 is 1.09 bits per heavy atom. The molecule has 3 rings (SSSR count). The molecule has 0 aliphatic rings. The van der Waals surface area contributed by atoms with Crippen LogP contribution in [0.15, 0.2) is 20.9 Å². The van der Waals surface area contributed by atoms with Crippen molar-refractivity contribution in [1.82, 2.24) is 5.16 Å². The number of esters is 1. The molecule has 0 unspecified atom stereocenters. The van der Waals surface area contributed by atoms with E-state index in [-0.39, 0.29) is 20.7 Å². The van der Waals surface area contributed by atoms with Gasteiger partial charge in [0.15, 0.2) is 0 Å². The number of ether oxygens (including phenoxy) is 1. The molecule has 176 valence electrons. The quantitative estimate of drug-likeness (QED) is 0.355. The highest BCUT2D eigenvalue weighted by Crippen LogP contribution is 2.37. The molecule has 0 saturated heterocycles. The van der Waals surface area contributed by atoms with Gasteiger partial charge in [0.2, 0.25) is 0 Å². The van der Waals surface area contributed by atoms with Crippen molar-refractivity contribution in [2.45, 2.75) is 46.4 Å². The number of carbonyl (C=O) groups excluding carboxylic acids is 2. The van der Waals surface area contributed by atoms with Gasteiger partial charge >= 0.3 is 5.97 Å². The molecule has 0 spiro atoms. The topological polar surface area (TPSA) is 128 Å². The monoisotopic (exact) mass is 511 g/mol. The Morgan fingerprint density at radius 3 is 2.33 bits per heavy atom. The minimum atomic E-state index is -4.19. The first-order chi connectivity index (χ1) is 15.3. The number of thiophene rings is 1. The number of hydrogen-bond acceptors (Lipinski definition) is 8. The van der Waals surface area contributed by atoms with Crippen molar-refractivity contribution in [2.24, 2.45) is 0 Å². The fourth-order valence-electron chi connectivity index (χ4n) is 3.24. The summed E-state index contributed by atoms with van der Waals surface area (Å²) in [5.41, 5.74) is 3.71. The van der Waals surface area contributed by atoms with Gasteiger partial charge in [-0.1, -0.05) is 16.8 Å². The van der Waals surface area contributed by atoms with Crippen LogP contribution in [0.3, 0.4) is 0 Å². The zero-order valence-electron chi connectivity index (χ0n) is 18.7. The van der Waals surface area contributed by atoms with Gasteiger partial charge in [-0.2, -0.15) is 0 Å². The smallest absolute Gasteiger partial charge is 0.308 e. The number of anilines is 2. The summed E-state index contributed by atoms with van der Waals surface area (Å²) < 4.78 is 38.3. The first-order valence-corrected chi connectivity index (χ1v) is 12.4. The lowest BCUT2D eigenvalue weighted by atomic mass is 9.96. The van der Waals surface area contributed by atoms with Crippen LogP contribution in [0.4, 0.5) is 11.6 Å². The summed E-state index contributed by atoms with van der Waals surface area (Å²) in [6.07, 6.45) is 0. The van der Waals surface area contributed by atoms with E-state index in [0.29, 0.717) is 22.7 Å². The molecule has 33 heavy (non-hydrogen) atoms. The number of amides is 1. The van der Waals surface area contributed by atoms with Crippen molar-refractivity contribution >= 4 is 56.4 Å².